The molecule has 0 spiro atoms. The standard InChI is InChI=1S/C14H20BrClN2/c1-3-14(2)10-18(8-4-7-17-14)13-6-5-11(16)9-12(13)15/h5-6,9,17H,3-4,7-8,10H2,1-2H3. The Hall–Kier alpha value is -0.250. The van der Waals surface area contributed by atoms with E-state index >= 15 is 0 Å². The summed E-state index contributed by atoms with van der Waals surface area (Å²) in [5, 5.41) is 4.43. The summed E-state index contributed by atoms with van der Waals surface area (Å²) in [4.78, 5) is 2.45. The van der Waals surface area contributed by atoms with Gasteiger partial charge >= 0.3 is 0 Å². The van der Waals surface area contributed by atoms with Crippen molar-refractivity contribution in [3.8, 4) is 0 Å². The Morgan fingerprint density at radius 1 is 1.50 bits per heavy atom. The molecule has 1 fully saturated rings. The van der Waals surface area contributed by atoms with E-state index in [2.05, 4.69) is 46.1 Å². The molecule has 100 valence electrons. The van der Waals surface area contributed by atoms with Gasteiger partial charge < -0.3 is 10.2 Å². The second-order valence-electron chi connectivity index (χ2n) is 5.21. The minimum Gasteiger partial charge on any atom is -0.369 e. The molecule has 1 aliphatic rings. The summed E-state index contributed by atoms with van der Waals surface area (Å²) in [6.07, 6.45) is 2.30. The van der Waals surface area contributed by atoms with Crippen LogP contribution in [0.1, 0.15) is 26.7 Å². The van der Waals surface area contributed by atoms with Gasteiger partial charge in [-0.25, -0.2) is 0 Å². The van der Waals surface area contributed by atoms with Gasteiger partial charge in [0, 0.05) is 28.1 Å². The number of hydrogen-bond acceptors (Lipinski definition) is 2. The van der Waals surface area contributed by atoms with Crippen molar-refractivity contribution in [1.82, 2.24) is 5.32 Å². The largest absolute Gasteiger partial charge is 0.369 e. The van der Waals surface area contributed by atoms with E-state index in [0.29, 0.717) is 0 Å². The van der Waals surface area contributed by atoms with Crippen molar-refractivity contribution in [2.75, 3.05) is 24.5 Å². The summed E-state index contributed by atoms with van der Waals surface area (Å²) in [5.41, 5.74) is 1.43. The monoisotopic (exact) mass is 330 g/mol. The maximum absolute atomic E-state index is 6.01. The second kappa shape index (κ2) is 5.81. The summed E-state index contributed by atoms with van der Waals surface area (Å²) in [7, 11) is 0. The van der Waals surface area contributed by atoms with Crippen molar-refractivity contribution >= 4 is 33.2 Å². The zero-order chi connectivity index (χ0) is 13.2. The van der Waals surface area contributed by atoms with Gasteiger partial charge in [0.05, 0.1) is 5.69 Å². The zero-order valence-corrected chi connectivity index (χ0v) is 13.3. The van der Waals surface area contributed by atoms with Crippen molar-refractivity contribution in [2.45, 2.75) is 32.2 Å². The maximum Gasteiger partial charge on any atom is 0.0512 e. The molecule has 0 saturated carbocycles. The average molecular weight is 332 g/mol. The summed E-state index contributed by atoms with van der Waals surface area (Å²) in [5.74, 6) is 0. The van der Waals surface area contributed by atoms with Gasteiger partial charge in [0.2, 0.25) is 0 Å². The third-order valence-electron chi connectivity index (χ3n) is 3.73. The topological polar surface area (TPSA) is 15.3 Å². The van der Waals surface area contributed by atoms with Crippen molar-refractivity contribution < 1.29 is 0 Å². The van der Waals surface area contributed by atoms with E-state index in [0.717, 1.165) is 35.6 Å². The van der Waals surface area contributed by atoms with Crippen LogP contribution < -0.4 is 10.2 Å². The second-order valence-corrected chi connectivity index (χ2v) is 6.50. The molecule has 1 heterocycles. The molecule has 2 rings (SSSR count). The van der Waals surface area contributed by atoms with Crippen LogP contribution in [0.3, 0.4) is 0 Å². The molecule has 0 aliphatic carbocycles. The Bertz CT molecular complexity index is 424. The van der Waals surface area contributed by atoms with Gasteiger partial charge in [-0.15, -0.1) is 0 Å². The minimum atomic E-state index is 0.190. The molecule has 18 heavy (non-hydrogen) atoms. The highest BCUT2D eigenvalue weighted by Crippen LogP contribution is 2.31. The van der Waals surface area contributed by atoms with Crippen molar-refractivity contribution in [1.29, 1.82) is 0 Å². The smallest absolute Gasteiger partial charge is 0.0512 e. The van der Waals surface area contributed by atoms with E-state index in [1.165, 1.54) is 12.1 Å². The predicted octanol–water partition coefficient (Wildman–Crippen LogP) is 4.07. The molecule has 1 saturated heterocycles. The Labute approximate surface area is 123 Å². The van der Waals surface area contributed by atoms with Crippen molar-refractivity contribution in [3.05, 3.63) is 27.7 Å². The molecule has 2 nitrogen and oxygen atoms in total. The highest BCUT2D eigenvalue weighted by atomic mass is 79.9. The van der Waals surface area contributed by atoms with Crippen LogP contribution >= 0.6 is 27.5 Å². The molecule has 0 radical (unpaired) electrons. The van der Waals surface area contributed by atoms with Crippen LogP contribution in [-0.2, 0) is 0 Å². The van der Waals surface area contributed by atoms with Crippen LogP contribution in [0.15, 0.2) is 22.7 Å². The summed E-state index contributed by atoms with van der Waals surface area (Å²) in [6, 6.07) is 6.04. The zero-order valence-electron chi connectivity index (χ0n) is 11.0. The molecular formula is C14H20BrClN2. The van der Waals surface area contributed by atoms with Crippen LogP contribution in [0.25, 0.3) is 0 Å². The Kier molecular flexibility index (Phi) is 4.57. The predicted molar refractivity (Wildman–Crippen MR) is 82.7 cm³/mol. The number of nitrogens with zero attached hydrogens (tertiary/aromatic N) is 1. The summed E-state index contributed by atoms with van der Waals surface area (Å²) >= 11 is 9.63. The number of rotatable bonds is 2. The Morgan fingerprint density at radius 3 is 2.94 bits per heavy atom. The molecule has 0 aromatic heterocycles. The molecule has 1 aromatic carbocycles. The minimum absolute atomic E-state index is 0.190. The van der Waals surface area contributed by atoms with Gasteiger partial charge in [0.25, 0.3) is 0 Å². The third-order valence-corrected chi connectivity index (χ3v) is 4.60. The highest BCUT2D eigenvalue weighted by Gasteiger charge is 2.27. The van der Waals surface area contributed by atoms with Gasteiger partial charge in [0.1, 0.15) is 0 Å². The number of hydrogen-bond donors (Lipinski definition) is 1. The van der Waals surface area contributed by atoms with Crippen LogP contribution in [-0.4, -0.2) is 25.2 Å². The summed E-state index contributed by atoms with van der Waals surface area (Å²) < 4.78 is 1.08. The lowest BCUT2D eigenvalue weighted by atomic mass is 9.98. The quantitative estimate of drug-likeness (QED) is 0.879. The van der Waals surface area contributed by atoms with Crippen LogP contribution in [0.2, 0.25) is 5.02 Å². The normalized spacial score (nSPS) is 25.0. The van der Waals surface area contributed by atoms with Crippen LogP contribution in [0.5, 0.6) is 0 Å². The maximum atomic E-state index is 6.01. The van der Waals surface area contributed by atoms with E-state index in [1.807, 2.05) is 12.1 Å². The highest BCUT2D eigenvalue weighted by molar-refractivity contribution is 9.10. The van der Waals surface area contributed by atoms with E-state index in [1.54, 1.807) is 0 Å². The molecule has 1 atom stereocenters. The van der Waals surface area contributed by atoms with Crippen LogP contribution in [0, 0.1) is 0 Å². The fraction of sp³-hybridized carbons (Fsp3) is 0.571. The van der Waals surface area contributed by atoms with E-state index in [4.69, 9.17) is 11.6 Å². The van der Waals surface area contributed by atoms with Crippen LogP contribution in [0.4, 0.5) is 5.69 Å². The lowest BCUT2D eigenvalue weighted by Crippen LogP contribution is -2.48. The lowest BCUT2D eigenvalue weighted by Gasteiger charge is -2.34. The van der Waals surface area contributed by atoms with Gasteiger partial charge in [-0.1, -0.05) is 18.5 Å². The molecule has 1 unspecified atom stereocenters. The summed E-state index contributed by atoms with van der Waals surface area (Å²) in [6.45, 7) is 7.75. The van der Waals surface area contributed by atoms with E-state index in [-0.39, 0.29) is 5.54 Å². The van der Waals surface area contributed by atoms with Crippen molar-refractivity contribution in [3.63, 3.8) is 0 Å². The number of halogens is 2. The van der Waals surface area contributed by atoms with E-state index in [9.17, 15) is 0 Å². The first kappa shape index (κ1) is 14.2. The van der Waals surface area contributed by atoms with Gasteiger partial charge in [-0.2, -0.15) is 0 Å². The Morgan fingerprint density at radius 2 is 2.28 bits per heavy atom. The molecule has 0 amide bonds. The first-order valence-electron chi connectivity index (χ1n) is 6.49. The average Bonchev–Trinajstić information content (AvgIpc) is 2.52. The fourth-order valence-electron chi connectivity index (χ4n) is 2.40. The molecular weight excluding hydrogens is 312 g/mol. The molecule has 4 heteroatoms. The van der Waals surface area contributed by atoms with Gasteiger partial charge in [-0.3, -0.25) is 0 Å². The SMILES string of the molecule is CCC1(C)CN(c2ccc(Cl)cc2Br)CCCN1. The third kappa shape index (κ3) is 3.19. The molecule has 0 bridgehead atoms. The first-order valence-corrected chi connectivity index (χ1v) is 7.66. The number of anilines is 1. The van der Waals surface area contributed by atoms with E-state index < -0.39 is 0 Å². The first-order chi connectivity index (χ1) is 8.54. The lowest BCUT2D eigenvalue weighted by molar-refractivity contribution is 0.366. The number of benzene rings is 1. The fourth-order valence-corrected chi connectivity index (χ4v) is 3.33. The Balaban J connectivity index is 2.25. The van der Waals surface area contributed by atoms with Gasteiger partial charge in [-0.05, 0) is 60.4 Å². The molecule has 1 N–H and O–H groups in total. The molecule has 1 aromatic rings. The van der Waals surface area contributed by atoms with Crippen molar-refractivity contribution in [2.24, 2.45) is 0 Å². The van der Waals surface area contributed by atoms with Gasteiger partial charge in [0.15, 0.2) is 0 Å². The number of nitrogens with one attached hydrogen (secondary N) is 1. The molecule has 1 aliphatic heterocycles.